The maximum Gasteiger partial charge on any atom is 0.293 e. The Balaban J connectivity index is 2.10. The summed E-state index contributed by atoms with van der Waals surface area (Å²) >= 11 is 0. The minimum atomic E-state index is -0.275. The van der Waals surface area contributed by atoms with E-state index in [-0.39, 0.29) is 29.8 Å². The van der Waals surface area contributed by atoms with Crippen LogP contribution in [0.5, 0.6) is 5.75 Å². The van der Waals surface area contributed by atoms with Gasteiger partial charge in [-0.2, -0.15) is 0 Å². The molecule has 0 spiro atoms. The van der Waals surface area contributed by atoms with Gasteiger partial charge in [-0.25, -0.2) is 0 Å². The van der Waals surface area contributed by atoms with Crippen LogP contribution in [0.25, 0.3) is 0 Å². The first-order valence-corrected chi connectivity index (χ1v) is 6.87. The van der Waals surface area contributed by atoms with Crippen LogP contribution in [0.1, 0.15) is 19.8 Å². The summed E-state index contributed by atoms with van der Waals surface area (Å²) < 4.78 is 6.37. The minimum Gasteiger partial charge on any atom is -0.491 e. The maximum atomic E-state index is 12.3. The Labute approximate surface area is 118 Å². The molecule has 5 nitrogen and oxygen atoms in total. The van der Waals surface area contributed by atoms with Gasteiger partial charge in [-0.15, -0.1) is 0 Å². The zero-order valence-electron chi connectivity index (χ0n) is 11.9. The highest BCUT2D eigenvalue weighted by atomic mass is 16.5. The van der Waals surface area contributed by atoms with E-state index in [0.29, 0.717) is 6.54 Å². The fourth-order valence-corrected chi connectivity index (χ4v) is 2.44. The monoisotopic (exact) mass is 276 g/mol. The number of methoxy groups -OCH3 is 1. The van der Waals surface area contributed by atoms with Crippen molar-refractivity contribution in [3.8, 4) is 5.75 Å². The molecule has 5 heteroatoms. The number of carbonyl (C=O) groups excluding carboxylic acids is 1. The number of ether oxygens (including phenoxy) is 1. The molecule has 0 radical (unpaired) electrons. The van der Waals surface area contributed by atoms with Gasteiger partial charge in [0.05, 0.1) is 13.2 Å². The lowest BCUT2D eigenvalue weighted by molar-refractivity contribution is -0.132. The Morgan fingerprint density at radius 2 is 2.30 bits per heavy atom. The third kappa shape index (κ3) is 2.92. The molecular weight excluding hydrogens is 256 g/mol. The fraction of sp³-hybridized carbons (Fsp3) is 0.467. The molecule has 1 atom stereocenters. The number of aromatic nitrogens is 1. The topological polar surface area (TPSA) is 51.5 Å². The molecule has 2 rings (SSSR count). The summed E-state index contributed by atoms with van der Waals surface area (Å²) in [7, 11) is 1.45. The Morgan fingerprint density at radius 1 is 1.50 bits per heavy atom. The molecule has 1 aromatic rings. The van der Waals surface area contributed by atoms with Gasteiger partial charge in [-0.3, -0.25) is 9.59 Å². The summed E-state index contributed by atoms with van der Waals surface area (Å²) in [5, 5.41) is 0. The van der Waals surface area contributed by atoms with Crippen LogP contribution in [0.3, 0.4) is 0 Å². The lowest BCUT2D eigenvalue weighted by atomic mass is 10.1. The molecule has 1 amide bonds. The third-order valence-electron chi connectivity index (χ3n) is 3.48. The van der Waals surface area contributed by atoms with Gasteiger partial charge < -0.3 is 14.2 Å². The Kier molecular flexibility index (Phi) is 4.61. The van der Waals surface area contributed by atoms with Crippen molar-refractivity contribution < 1.29 is 9.53 Å². The van der Waals surface area contributed by atoms with Crippen LogP contribution in [0.2, 0.25) is 0 Å². The highest BCUT2D eigenvalue weighted by Gasteiger charge is 2.24. The molecule has 0 unspecified atom stereocenters. The number of carbonyl (C=O) groups is 1. The molecule has 1 aromatic heterocycles. The average molecular weight is 276 g/mol. The van der Waals surface area contributed by atoms with Gasteiger partial charge in [0.25, 0.3) is 5.56 Å². The van der Waals surface area contributed by atoms with Crippen molar-refractivity contribution in [1.29, 1.82) is 0 Å². The van der Waals surface area contributed by atoms with E-state index in [1.54, 1.807) is 18.3 Å². The van der Waals surface area contributed by atoms with E-state index >= 15 is 0 Å². The van der Waals surface area contributed by atoms with Crippen LogP contribution in [0.4, 0.5) is 0 Å². The standard InChI is InChI=1S/C15H20N2O3/c1-3-6-12-7-4-10-17(12)14(18)11-16-9-5-8-13(20-2)15(16)19/h4-5,7-9,12H,3,6,10-11H2,1-2H3/t12-/m0/s1. The largest absolute Gasteiger partial charge is 0.491 e. The van der Waals surface area contributed by atoms with Crippen molar-refractivity contribution in [1.82, 2.24) is 9.47 Å². The van der Waals surface area contributed by atoms with Crippen molar-refractivity contribution >= 4 is 5.91 Å². The molecule has 20 heavy (non-hydrogen) atoms. The Morgan fingerprint density at radius 3 is 3.00 bits per heavy atom. The quantitative estimate of drug-likeness (QED) is 0.764. The van der Waals surface area contributed by atoms with Gasteiger partial charge in [0.2, 0.25) is 5.91 Å². The number of nitrogens with zero attached hydrogens (tertiary/aromatic N) is 2. The highest BCUT2D eigenvalue weighted by molar-refractivity contribution is 5.77. The maximum absolute atomic E-state index is 12.3. The molecule has 2 heterocycles. The first-order valence-electron chi connectivity index (χ1n) is 6.87. The first kappa shape index (κ1) is 14.4. The van der Waals surface area contributed by atoms with Gasteiger partial charge in [-0.05, 0) is 18.6 Å². The molecule has 108 valence electrons. The number of hydrogen-bond donors (Lipinski definition) is 0. The SMILES string of the molecule is CCC[C@H]1C=CCN1C(=O)Cn1cccc(OC)c1=O. The van der Waals surface area contributed by atoms with E-state index in [1.165, 1.54) is 11.7 Å². The van der Waals surface area contributed by atoms with Crippen molar-refractivity contribution in [2.24, 2.45) is 0 Å². The number of amides is 1. The molecule has 0 saturated heterocycles. The lowest BCUT2D eigenvalue weighted by Gasteiger charge is -2.24. The average Bonchev–Trinajstić information content (AvgIpc) is 2.90. The van der Waals surface area contributed by atoms with E-state index in [1.807, 2.05) is 11.0 Å². The molecular formula is C15H20N2O3. The second kappa shape index (κ2) is 6.41. The summed E-state index contributed by atoms with van der Waals surface area (Å²) in [5.74, 6) is 0.216. The van der Waals surface area contributed by atoms with Crippen LogP contribution >= 0.6 is 0 Å². The van der Waals surface area contributed by atoms with E-state index in [4.69, 9.17) is 4.74 Å². The van der Waals surface area contributed by atoms with Crippen molar-refractivity contribution in [2.75, 3.05) is 13.7 Å². The molecule has 0 N–H and O–H groups in total. The van der Waals surface area contributed by atoms with E-state index in [2.05, 4.69) is 13.0 Å². The molecule has 0 fully saturated rings. The number of rotatable bonds is 5. The summed E-state index contributed by atoms with van der Waals surface area (Å²) in [4.78, 5) is 26.2. The third-order valence-corrected chi connectivity index (χ3v) is 3.48. The van der Waals surface area contributed by atoms with Crippen LogP contribution in [0.15, 0.2) is 35.3 Å². The molecule has 1 aliphatic rings. The fourth-order valence-electron chi connectivity index (χ4n) is 2.44. The molecule has 1 aliphatic heterocycles. The van der Waals surface area contributed by atoms with Gasteiger partial charge in [0.15, 0.2) is 5.75 Å². The number of hydrogen-bond acceptors (Lipinski definition) is 3. The molecule has 0 saturated carbocycles. The zero-order chi connectivity index (χ0) is 14.5. The van der Waals surface area contributed by atoms with Crippen molar-refractivity contribution in [3.05, 3.63) is 40.8 Å². The lowest BCUT2D eigenvalue weighted by Crippen LogP contribution is -2.39. The molecule has 0 aromatic carbocycles. The van der Waals surface area contributed by atoms with E-state index < -0.39 is 0 Å². The number of pyridine rings is 1. The van der Waals surface area contributed by atoms with E-state index in [9.17, 15) is 9.59 Å². The Bertz CT molecular complexity index is 562. The minimum absolute atomic E-state index is 0.0381. The molecule has 0 aliphatic carbocycles. The van der Waals surface area contributed by atoms with Crippen LogP contribution in [-0.4, -0.2) is 35.1 Å². The summed E-state index contributed by atoms with van der Waals surface area (Å²) in [6, 6.07) is 3.47. The van der Waals surface area contributed by atoms with Crippen LogP contribution < -0.4 is 10.3 Å². The predicted octanol–water partition coefficient (Wildman–Crippen LogP) is 1.42. The second-order valence-electron chi connectivity index (χ2n) is 4.84. The second-order valence-corrected chi connectivity index (χ2v) is 4.84. The molecule has 0 bridgehead atoms. The van der Waals surface area contributed by atoms with Crippen LogP contribution in [0, 0.1) is 0 Å². The van der Waals surface area contributed by atoms with Crippen molar-refractivity contribution in [2.45, 2.75) is 32.4 Å². The van der Waals surface area contributed by atoms with Crippen LogP contribution in [-0.2, 0) is 11.3 Å². The highest BCUT2D eigenvalue weighted by Crippen LogP contribution is 2.15. The Hall–Kier alpha value is -2.04. The zero-order valence-corrected chi connectivity index (χ0v) is 11.9. The normalized spacial score (nSPS) is 17.5. The van der Waals surface area contributed by atoms with Crippen molar-refractivity contribution in [3.63, 3.8) is 0 Å². The van der Waals surface area contributed by atoms with E-state index in [0.717, 1.165) is 12.8 Å². The van der Waals surface area contributed by atoms with Gasteiger partial charge in [-0.1, -0.05) is 25.5 Å². The van der Waals surface area contributed by atoms with Gasteiger partial charge in [0.1, 0.15) is 6.54 Å². The summed E-state index contributed by atoms with van der Waals surface area (Å²) in [6.07, 6.45) is 7.66. The smallest absolute Gasteiger partial charge is 0.293 e. The predicted molar refractivity (Wildman–Crippen MR) is 76.8 cm³/mol. The summed E-state index contributed by atoms with van der Waals surface area (Å²) in [6.45, 7) is 2.78. The van der Waals surface area contributed by atoms with Gasteiger partial charge in [0, 0.05) is 12.7 Å². The van der Waals surface area contributed by atoms with Gasteiger partial charge >= 0.3 is 0 Å². The first-order chi connectivity index (χ1) is 9.67. The summed E-state index contributed by atoms with van der Waals surface area (Å²) in [5.41, 5.74) is -0.275.